The molecule has 0 aliphatic carbocycles. The van der Waals surface area contributed by atoms with Crippen LogP contribution in [0.25, 0.3) is 0 Å². The molecule has 0 saturated carbocycles. The average Bonchev–Trinajstić information content (AvgIpc) is 3.22. The second-order valence-electron chi connectivity index (χ2n) is 11.2. The van der Waals surface area contributed by atoms with E-state index in [-0.39, 0.29) is 55.4 Å². The van der Waals surface area contributed by atoms with Crippen LogP contribution < -0.4 is 0 Å². The Kier molecular flexibility index (Phi) is 17.2. The summed E-state index contributed by atoms with van der Waals surface area (Å²) in [7, 11) is 0. The molecule has 0 unspecified atom stereocenters. The Hall–Kier alpha value is -0.920. The first-order valence-electron chi connectivity index (χ1n) is 14.1. The van der Waals surface area contributed by atoms with Gasteiger partial charge in [0.2, 0.25) is 0 Å². The number of esters is 1. The molecule has 0 aromatic rings. The van der Waals surface area contributed by atoms with Crippen molar-refractivity contribution in [1.29, 1.82) is 0 Å². The minimum Gasteiger partial charge on any atom is -0.464 e. The molecule has 5 atom stereocenters. The maximum absolute atomic E-state index is 13.9. The minimum absolute atomic E-state index is 0. The fraction of sp³-hybridized carbons (Fsp3) is 0.960. The van der Waals surface area contributed by atoms with E-state index in [1.165, 1.54) is 0 Å². The van der Waals surface area contributed by atoms with E-state index in [0.29, 0.717) is 25.7 Å². The first-order valence-corrected chi connectivity index (χ1v) is 14.1. The maximum atomic E-state index is 13.9. The quantitative estimate of drug-likeness (QED) is 0.0529. The molecule has 0 aromatic carbocycles. The Morgan fingerprint density at radius 1 is 0.560 bits per heavy atom. The molecular weight excluding hydrogens is 758 g/mol. The second kappa shape index (κ2) is 17.5. The van der Waals surface area contributed by atoms with Gasteiger partial charge in [-0.3, -0.25) is 0 Å². The van der Waals surface area contributed by atoms with E-state index < -0.39 is 104 Å². The van der Waals surface area contributed by atoms with Gasteiger partial charge >= 0.3 is 53.6 Å². The maximum Gasteiger partial charge on any atom is 0.460 e. The van der Waals surface area contributed by atoms with Crippen LogP contribution in [0.2, 0.25) is 0 Å². The predicted octanol–water partition coefficient (Wildman–Crippen LogP) is 5.86. The Balaban J connectivity index is 0.0000240. The number of aliphatic hydroxyl groups is 4. The van der Waals surface area contributed by atoms with Crippen molar-refractivity contribution >= 4 is 35.5 Å². The van der Waals surface area contributed by atoms with Crippen molar-refractivity contribution in [2.75, 3.05) is 6.61 Å². The molecule has 1 aliphatic heterocycles. The molecule has 50 heavy (non-hydrogen) atoms. The standard InChI is InChI=1S/C25H31F17O7.Na/c26-18(27,19(28,29)20(30,31)21(32,33)22(34,35)23(36,37)24(38,39)25(40,41)42)10-8-6-4-2-1-3-5-7-9-11-48-16(46)14(45)15-12(43)13(44)17(47)49-15;/h12-15,17,43-45,47H,1-11H2;/t12-,13-,14+,15+,17-;/m1./s1. The second-order valence-corrected chi connectivity index (χ2v) is 11.2. The number of hydrogen-bond acceptors (Lipinski definition) is 7. The zero-order chi connectivity index (χ0) is 38.7. The van der Waals surface area contributed by atoms with Gasteiger partial charge in [-0.1, -0.05) is 44.9 Å². The van der Waals surface area contributed by atoms with Gasteiger partial charge in [0, 0.05) is 36.0 Å². The van der Waals surface area contributed by atoms with Gasteiger partial charge < -0.3 is 29.9 Å². The first kappa shape index (κ1) is 49.1. The summed E-state index contributed by atoms with van der Waals surface area (Å²) in [6.45, 7) is -0.215. The van der Waals surface area contributed by atoms with E-state index in [1.807, 2.05) is 0 Å². The number of carbonyl (C=O) groups is 1. The van der Waals surface area contributed by atoms with Crippen molar-refractivity contribution in [3.63, 3.8) is 0 Å². The third-order valence-electron chi connectivity index (χ3n) is 7.49. The largest absolute Gasteiger partial charge is 0.464 e. The molecule has 1 rings (SSSR count). The minimum atomic E-state index is -8.64. The van der Waals surface area contributed by atoms with E-state index in [0.717, 1.165) is 0 Å². The van der Waals surface area contributed by atoms with Gasteiger partial charge in [-0.25, -0.2) is 4.79 Å². The van der Waals surface area contributed by atoms with Crippen molar-refractivity contribution in [1.82, 2.24) is 0 Å². The van der Waals surface area contributed by atoms with Crippen LogP contribution in [0.4, 0.5) is 74.6 Å². The molecule has 25 heteroatoms. The van der Waals surface area contributed by atoms with Crippen molar-refractivity contribution in [2.24, 2.45) is 0 Å². The SMILES string of the molecule is O=C(OCCCCCCCCCCCC(F)(F)C(F)(F)C(F)(F)C(F)(F)C(F)(F)C(F)(F)C(F)(F)C(F)(F)F)[C@@H](O)[C@H]1O[C@@H](O)[C@H](O)[C@H]1O.[Na]. The third-order valence-corrected chi connectivity index (χ3v) is 7.49. The summed E-state index contributed by atoms with van der Waals surface area (Å²) in [5.74, 6) is -57.5. The van der Waals surface area contributed by atoms with E-state index in [2.05, 4.69) is 4.74 Å². The number of unbranched alkanes of at least 4 members (excludes halogenated alkanes) is 8. The number of ether oxygens (including phenoxy) is 2. The third kappa shape index (κ3) is 9.59. The smallest absolute Gasteiger partial charge is 0.460 e. The molecule has 1 heterocycles. The number of rotatable bonds is 20. The van der Waals surface area contributed by atoms with Crippen LogP contribution in [0.5, 0.6) is 0 Å². The van der Waals surface area contributed by atoms with Crippen LogP contribution in [0.15, 0.2) is 0 Å². The van der Waals surface area contributed by atoms with Crippen LogP contribution >= 0.6 is 0 Å². The number of carbonyl (C=O) groups excluding carboxylic acids is 1. The Labute approximate surface area is 293 Å². The summed E-state index contributed by atoms with van der Waals surface area (Å²) < 4.78 is 236. The predicted molar refractivity (Wildman–Crippen MR) is 132 cm³/mol. The summed E-state index contributed by atoms with van der Waals surface area (Å²) in [5, 5.41) is 38.0. The molecule has 1 aliphatic rings. The first-order chi connectivity index (χ1) is 21.9. The van der Waals surface area contributed by atoms with E-state index in [4.69, 9.17) is 4.74 Å². The van der Waals surface area contributed by atoms with Crippen molar-refractivity contribution in [3.05, 3.63) is 0 Å². The van der Waals surface area contributed by atoms with Crippen LogP contribution in [0.3, 0.4) is 0 Å². The van der Waals surface area contributed by atoms with Gasteiger partial charge in [0.05, 0.1) is 6.61 Å². The fourth-order valence-corrected chi connectivity index (χ4v) is 4.38. The average molecular weight is 789 g/mol. The summed E-state index contributed by atoms with van der Waals surface area (Å²) in [4.78, 5) is 11.8. The molecule has 1 saturated heterocycles. The zero-order valence-corrected chi connectivity index (χ0v) is 27.6. The van der Waals surface area contributed by atoms with E-state index in [9.17, 15) is 99.9 Å². The number of aliphatic hydroxyl groups excluding tert-OH is 4. The number of hydrogen-bond donors (Lipinski definition) is 4. The molecule has 0 amide bonds. The van der Waals surface area contributed by atoms with Gasteiger partial charge in [0.15, 0.2) is 12.4 Å². The number of alkyl halides is 17. The molecule has 0 aromatic heterocycles. The van der Waals surface area contributed by atoms with Crippen molar-refractivity contribution in [3.8, 4) is 0 Å². The van der Waals surface area contributed by atoms with Crippen LogP contribution in [-0.4, -0.2) is 141 Å². The molecule has 4 N–H and O–H groups in total. The van der Waals surface area contributed by atoms with Gasteiger partial charge in [-0.2, -0.15) is 74.6 Å². The van der Waals surface area contributed by atoms with Crippen LogP contribution in [0.1, 0.15) is 64.2 Å². The van der Waals surface area contributed by atoms with E-state index >= 15 is 0 Å². The topological polar surface area (TPSA) is 116 Å². The fourth-order valence-electron chi connectivity index (χ4n) is 4.38. The molecule has 1 fully saturated rings. The molecule has 0 bridgehead atoms. The summed E-state index contributed by atoms with van der Waals surface area (Å²) in [6.07, 6.45) is -18.9. The molecule has 293 valence electrons. The van der Waals surface area contributed by atoms with E-state index in [1.54, 1.807) is 0 Å². The zero-order valence-electron chi connectivity index (χ0n) is 25.6. The molecule has 0 spiro atoms. The Morgan fingerprint density at radius 3 is 1.30 bits per heavy atom. The summed E-state index contributed by atoms with van der Waals surface area (Å²) >= 11 is 0. The Bertz CT molecular complexity index is 1080. The van der Waals surface area contributed by atoms with Crippen LogP contribution in [-0.2, 0) is 14.3 Å². The molecule has 7 nitrogen and oxygen atoms in total. The monoisotopic (exact) mass is 789 g/mol. The number of halogens is 17. The molecular formula is C25H31F17NaO7. The normalized spacial score (nSPS) is 22.3. The Morgan fingerprint density at radius 2 is 0.920 bits per heavy atom. The van der Waals surface area contributed by atoms with Gasteiger partial charge in [-0.15, -0.1) is 0 Å². The van der Waals surface area contributed by atoms with Crippen molar-refractivity contribution < 1.29 is 109 Å². The summed E-state index contributed by atoms with van der Waals surface area (Å²) in [5.41, 5.74) is 0. The van der Waals surface area contributed by atoms with Gasteiger partial charge in [0.25, 0.3) is 0 Å². The van der Waals surface area contributed by atoms with Crippen LogP contribution in [0, 0.1) is 0 Å². The van der Waals surface area contributed by atoms with Gasteiger partial charge in [0.1, 0.15) is 18.3 Å². The van der Waals surface area contributed by atoms with Crippen molar-refractivity contribution in [2.45, 2.75) is 143 Å². The molecule has 1 radical (unpaired) electrons. The van der Waals surface area contributed by atoms with Gasteiger partial charge in [-0.05, 0) is 12.8 Å². The summed E-state index contributed by atoms with van der Waals surface area (Å²) in [6, 6.07) is 0.